The summed E-state index contributed by atoms with van der Waals surface area (Å²) in [7, 11) is 1.61. The second kappa shape index (κ2) is 5.50. The molecule has 3 N–H and O–H groups in total. The van der Waals surface area contributed by atoms with E-state index in [0.717, 1.165) is 37.1 Å². The zero-order valence-electron chi connectivity index (χ0n) is 8.49. The fourth-order valence-electron chi connectivity index (χ4n) is 1.40. The summed E-state index contributed by atoms with van der Waals surface area (Å²) >= 11 is 0. The number of unbranched alkanes of at least 4 members (excludes halogenated alkanes) is 1. The number of hydrogen-bond donors (Lipinski definition) is 2. The Hall–Kier alpha value is -1.22. The Kier molecular flexibility index (Phi) is 4.26. The lowest BCUT2D eigenvalue weighted by atomic mass is 10.1. The predicted octanol–water partition coefficient (Wildman–Crippen LogP) is 1.68. The zero-order valence-corrected chi connectivity index (χ0v) is 8.49. The molecule has 1 aromatic carbocycles. The highest BCUT2D eigenvalue weighted by Gasteiger charge is 2.03. The van der Waals surface area contributed by atoms with E-state index in [1.165, 1.54) is 0 Å². The Labute approximate surface area is 84.5 Å². The molecule has 0 aromatic heterocycles. The topological polar surface area (TPSA) is 55.5 Å². The molecule has 0 spiro atoms. The maximum atomic E-state index is 9.24. The molecule has 0 heterocycles. The van der Waals surface area contributed by atoms with Gasteiger partial charge >= 0.3 is 0 Å². The number of benzene rings is 1. The molecule has 0 saturated heterocycles. The van der Waals surface area contributed by atoms with Gasteiger partial charge < -0.3 is 15.6 Å². The van der Waals surface area contributed by atoms with Crippen molar-refractivity contribution >= 4 is 0 Å². The SMILES string of the molecule is COc1cc(O)ccc1CCCCN. The minimum absolute atomic E-state index is 0.240. The van der Waals surface area contributed by atoms with Crippen molar-refractivity contribution in [2.24, 2.45) is 5.73 Å². The summed E-state index contributed by atoms with van der Waals surface area (Å²) in [5.74, 6) is 0.992. The first kappa shape index (κ1) is 10.9. The zero-order chi connectivity index (χ0) is 10.4. The lowest BCUT2D eigenvalue weighted by Gasteiger charge is -2.08. The molecule has 0 fully saturated rings. The van der Waals surface area contributed by atoms with E-state index < -0.39 is 0 Å². The van der Waals surface area contributed by atoms with Gasteiger partial charge in [0.15, 0.2) is 0 Å². The van der Waals surface area contributed by atoms with Crippen molar-refractivity contribution in [3.05, 3.63) is 23.8 Å². The molecular weight excluding hydrogens is 178 g/mol. The summed E-state index contributed by atoms with van der Waals surface area (Å²) in [5.41, 5.74) is 6.54. The summed E-state index contributed by atoms with van der Waals surface area (Å²) in [4.78, 5) is 0. The Morgan fingerprint density at radius 3 is 2.79 bits per heavy atom. The van der Waals surface area contributed by atoms with E-state index in [-0.39, 0.29) is 5.75 Å². The van der Waals surface area contributed by atoms with Gasteiger partial charge in [-0.15, -0.1) is 0 Å². The van der Waals surface area contributed by atoms with Crippen LogP contribution >= 0.6 is 0 Å². The molecule has 0 aliphatic rings. The van der Waals surface area contributed by atoms with Crippen LogP contribution in [0.2, 0.25) is 0 Å². The molecule has 0 atom stereocenters. The summed E-state index contributed by atoms with van der Waals surface area (Å²) < 4.78 is 5.17. The van der Waals surface area contributed by atoms with Gasteiger partial charge in [0.25, 0.3) is 0 Å². The quantitative estimate of drug-likeness (QED) is 0.703. The molecule has 1 aromatic rings. The molecular formula is C11H17NO2. The highest BCUT2D eigenvalue weighted by Crippen LogP contribution is 2.24. The van der Waals surface area contributed by atoms with Gasteiger partial charge in [-0.3, -0.25) is 0 Å². The van der Waals surface area contributed by atoms with E-state index in [9.17, 15) is 5.11 Å². The fraction of sp³-hybridized carbons (Fsp3) is 0.455. The molecule has 0 aliphatic carbocycles. The van der Waals surface area contributed by atoms with E-state index in [2.05, 4.69) is 0 Å². The van der Waals surface area contributed by atoms with Crippen LogP contribution in [0.3, 0.4) is 0 Å². The maximum Gasteiger partial charge on any atom is 0.125 e. The van der Waals surface area contributed by atoms with E-state index >= 15 is 0 Å². The highest BCUT2D eigenvalue weighted by molar-refractivity contribution is 5.40. The second-order valence-electron chi connectivity index (χ2n) is 3.24. The second-order valence-corrected chi connectivity index (χ2v) is 3.24. The van der Waals surface area contributed by atoms with Crippen molar-refractivity contribution < 1.29 is 9.84 Å². The minimum Gasteiger partial charge on any atom is -0.508 e. The van der Waals surface area contributed by atoms with Gasteiger partial charge in [-0.05, 0) is 37.4 Å². The average molecular weight is 195 g/mol. The van der Waals surface area contributed by atoms with Crippen LogP contribution in [0.5, 0.6) is 11.5 Å². The summed E-state index contributed by atoms with van der Waals surface area (Å²) in [6, 6.07) is 5.21. The lowest BCUT2D eigenvalue weighted by molar-refractivity contribution is 0.402. The van der Waals surface area contributed by atoms with Crippen LogP contribution in [-0.2, 0) is 6.42 Å². The van der Waals surface area contributed by atoms with E-state index in [0.29, 0.717) is 0 Å². The molecule has 0 saturated carbocycles. The third-order valence-electron chi connectivity index (χ3n) is 2.17. The van der Waals surface area contributed by atoms with Gasteiger partial charge in [0, 0.05) is 6.07 Å². The number of phenolic OH excluding ortho intramolecular Hbond substituents is 1. The first-order chi connectivity index (χ1) is 6.77. The van der Waals surface area contributed by atoms with Crippen molar-refractivity contribution in [3.8, 4) is 11.5 Å². The molecule has 3 heteroatoms. The first-order valence-corrected chi connectivity index (χ1v) is 4.84. The summed E-state index contributed by atoms with van der Waals surface area (Å²) in [5, 5.41) is 9.24. The molecule has 0 unspecified atom stereocenters. The standard InChI is InChI=1S/C11H17NO2/c1-14-11-8-10(13)6-5-9(11)4-2-3-7-12/h5-6,8,13H,2-4,7,12H2,1H3. The van der Waals surface area contributed by atoms with Crippen molar-refractivity contribution in [2.75, 3.05) is 13.7 Å². The first-order valence-electron chi connectivity index (χ1n) is 4.84. The molecule has 3 nitrogen and oxygen atoms in total. The summed E-state index contributed by atoms with van der Waals surface area (Å²) in [6.45, 7) is 0.723. The van der Waals surface area contributed by atoms with Gasteiger partial charge in [0.2, 0.25) is 0 Å². The van der Waals surface area contributed by atoms with E-state index in [4.69, 9.17) is 10.5 Å². The van der Waals surface area contributed by atoms with Crippen LogP contribution in [0.25, 0.3) is 0 Å². The van der Waals surface area contributed by atoms with Crippen molar-refractivity contribution in [2.45, 2.75) is 19.3 Å². The molecule has 78 valence electrons. The third kappa shape index (κ3) is 2.92. The van der Waals surface area contributed by atoms with Crippen LogP contribution in [0.15, 0.2) is 18.2 Å². The number of aryl methyl sites for hydroxylation is 1. The average Bonchev–Trinajstić information content (AvgIpc) is 2.20. The third-order valence-corrected chi connectivity index (χ3v) is 2.17. The number of methoxy groups -OCH3 is 1. The van der Waals surface area contributed by atoms with Crippen molar-refractivity contribution in [3.63, 3.8) is 0 Å². The minimum atomic E-state index is 0.240. The molecule has 14 heavy (non-hydrogen) atoms. The van der Waals surface area contributed by atoms with Crippen LogP contribution in [0.4, 0.5) is 0 Å². The molecule has 0 amide bonds. The molecule has 0 aliphatic heterocycles. The normalized spacial score (nSPS) is 10.1. The number of rotatable bonds is 5. The van der Waals surface area contributed by atoms with Gasteiger partial charge in [-0.2, -0.15) is 0 Å². The van der Waals surface area contributed by atoms with Crippen LogP contribution in [0, 0.1) is 0 Å². The molecule has 1 rings (SSSR count). The van der Waals surface area contributed by atoms with Crippen molar-refractivity contribution in [1.82, 2.24) is 0 Å². The largest absolute Gasteiger partial charge is 0.508 e. The number of phenols is 1. The van der Waals surface area contributed by atoms with Gasteiger partial charge in [0.1, 0.15) is 11.5 Å². The maximum absolute atomic E-state index is 9.24. The fourth-order valence-corrected chi connectivity index (χ4v) is 1.40. The Balaban J connectivity index is 2.65. The van der Waals surface area contributed by atoms with Crippen molar-refractivity contribution in [1.29, 1.82) is 0 Å². The van der Waals surface area contributed by atoms with Crippen LogP contribution in [-0.4, -0.2) is 18.8 Å². The highest BCUT2D eigenvalue weighted by atomic mass is 16.5. The van der Waals surface area contributed by atoms with E-state index in [1.54, 1.807) is 19.2 Å². The monoisotopic (exact) mass is 195 g/mol. The number of aromatic hydroxyl groups is 1. The Bertz CT molecular complexity index is 287. The van der Waals surface area contributed by atoms with Gasteiger partial charge in [-0.25, -0.2) is 0 Å². The summed E-state index contributed by atoms with van der Waals surface area (Å²) in [6.07, 6.45) is 3.02. The number of ether oxygens (including phenoxy) is 1. The van der Waals surface area contributed by atoms with Gasteiger partial charge in [-0.1, -0.05) is 6.07 Å². The smallest absolute Gasteiger partial charge is 0.125 e. The van der Waals surface area contributed by atoms with Crippen LogP contribution in [0.1, 0.15) is 18.4 Å². The van der Waals surface area contributed by atoms with Crippen LogP contribution < -0.4 is 10.5 Å². The molecule has 0 radical (unpaired) electrons. The number of hydrogen-bond acceptors (Lipinski definition) is 3. The lowest BCUT2D eigenvalue weighted by Crippen LogP contribution is -1.99. The predicted molar refractivity (Wildman–Crippen MR) is 56.7 cm³/mol. The molecule has 0 bridgehead atoms. The number of nitrogens with two attached hydrogens (primary N) is 1. The Morgan fingerprint density at radius 1 is 1.36 bits per heavy atom. The van der Waals surface area contributed by atoms with E-state index in [1.807, 2.05) is 6.07 Å². The Morgan fingerprint density at radius 2 is 2.14 bits per heavy atom. The van der Waals surface area contributed by atoms with Gasteiger partial charge in [0.05, 0.1) is 7.11 Å².